The SMILES string of the molecule is COc1cccc2ncn(CC3CCN(Cc4ccc(C)o4)CC3)c(=O)c12. The third-order valence-corrected chi connectivity index (χ3v) is 5.37. The summed E-state index contributed by atoms with van der Waals surface area (Å²) in [5, 5.41) is 0.563. The van der Waals surface area contributed by atoms with E-state index in [0.29, 0.717) is 29.1 Å². The lowest BCUT2D eigenvalue weighted by atomic mass is 9.96. The van der Waals surface area contributed by atoms with Crippen molar-refractivity contribution in [3.63, 3.8) is 0 Å². The average molecular weight is 367 g/mol. The molecule has 6 heteroatoms. The topological polar surface area (TPSA) is 60.5 Å². The number of ether oxygens (including phenoxy) is 1. The van der Waals surface area contributed by atoms with E-state index in [1.807, 2.05) is 31.2 Å². The van der Waals surface area contributed by atoms with Crippen molar-refractivity contribution < 1.29 is 9.15 Å². The number of aryl methyl sites for hydroxylation is 1. The first-order valence-electron chi connectivity index (χ1n) is 9.44. The van der Waals surface area contributed by atoms with Gasteiger partial charge in [-0.15, -0.1) is 0 Å². The first-order chi connectivity index (χ1) is 13.1. The number of hydrogen-bond donors (Lipinski definition) is 0. The van der Waals surface area contributed by atoms with E-state index in [1.54, 1.807) is 18.0 Å². The summed E-state index contributed by atoms with van der Waals surface area (Å²) in [4.78, 5) is 19.8. The molecule has 1 aliphatic heterocycles. The number of hydrogen-bond acceptors (Lipinski definition) is 5. The van der Waals surface area contributed by atoms with Gasteiger partial charge in [0, 0.05) is 6.54 Å². The van der Waals surface area contributed by atoms with E-state index in [0.717, 1.165) is 44.0 Å². The van der Waals surface area contributed by atoms with Gasteiger partial charge in [-0.2, -0.15) is 0 Å². The largest absolute Gasteiger partial charge is 0.496 e. The van der Waals surface area contributed by atoms with Crippen LogP contribution in [0.4, 0.5) is 0 Å². The number of aromatic nitrogens is 2. The van der Waals surface area contributed by atoms with Crippen molar-refractivity contribution in [2.75, 3.05) is 20.2 Å². The van der Waals surface area contributed by atoms with Crippen LogP contribution in [0.15, 0.2) is 45.9 Å². The summed E-state index contributed by atoms with van der Waals surface area (Å²) >= 11 is 0. The third-order valence-electron chi connectivity index (χ3n) is 5.37. The van der Waals surface area contributed by atoms with Crippen LogP contribution >= 0.6 is 0 Å². The molecule has 0 N–H and O–H groups in total. The molecule has 27 heavy (non-hydrogen) atoms. The van der Waals surface area contributed by atoms with Gasteiger partial charge in [0.1, 0.15) is 22.7 Å². The Kier molecular flexibility index (Phi) is 4.99. The zero-order valence-electron chi connectivity index (χ0n) is 15.9. The lowest BCUT2D eigenvalue weighted by Gasteiger charge is -2.31. The molecule has 0 saturated carbocycles. The van der Waals surface area contributed by atoms with Crippen LogP contribution < -0.4 is 10.3 Å². The fourth-order valence-corrected chi connectivity index (χ4v) is 3.87. The summed E-state index contributed by atoms with van der Waals surface area (Å²) in [5.41, 5.74) is 0.658. The molecule has 0 unspecified atom stereocenters. The van der Waals surface area contributed by atoms with Gasteiger partial charge in [0.2, 0.25) is 0 Å². The molecule has 1 aromatic carbocycles. The highest BCUT2D eigenvalue weighted by molar-refractivity contribution is 5.83. The maximum absolute atomic E-state index is 12.9. The maximum atomic E-state index is 12.9. The van der Waals surface area contributed by atoms with Crippen LogP contribution in [0.25, 0.3) is 10.9 Å². The van der Waals surface area contributed by atoms with Gasteiger partial charge in [-0.05, 0) is 63.0 Å². The quantitative estimate of drug-likeness (QED) is 0.693. The number of likely N-dealkylation sites (tertiary alicyclic amines) is 1. The number of methoxy groups -OCH3 is 1. The van der Waals surface area contributed by atoms with Gasteiger partial charge < -0.3 is 9.15 Å². The number of benzene rings is 1. The van der Waals surface area contributed by atoms with Gasteiger partial charge in [-0.25, -0.2) is 4.98 Å². The van der Waals surface area contributed by atoms with Gasteiger partial charge in [0.05, 0.1) is 25.5 Å². The molecule has 0 spiro atoms. The van der Waals surface area contributed by atoms with E-state index >= 15 is 0 Å². The fraction of sp³-hybridized carbons (Fsp3) is 0.429. The van der Waals surface area contributed by atoms with Crippen molar-refractivity contribution in [2.45, 2.75) is 32.9 Å². The minimum Gasteiger partial charge on any atom is -0.496 e. The van der Waals surface area contributed by atoms with Crippen molar-refractivity contribution in [3.8, 4) is 5.75 Å². The molecular formula is C21H25N3O3. The Hall–Kier alpha value is -2.60. The van der Waals surface area contributed by atoms with E-state index in [2.05, 4.69) is 16.0 Å². The van der Waals surface area contributed by atoms with E-state index in [-0.39, 0.29) is 5.56 Å². The number of piperidine rings is 1. The predicted octanol–water partition coefficient (Wildman–Crippen LogP) is 3.22. The van der Waals surface area contributed by atoms with Gasteiger partial charge in [0.25, 0.3) is 5.56 Å². The van der Waals surface area contributed by atoms with Gasteiger partial charge >= 0.3 is 0 Å². The Morgan fingerprint density at radius 1 is 1.22 bits per heavy atom. The summed E-state index contributed by atoms with van der Waals surface area (Å²) < 4.78 is 12.8. The molecule has 1 saturated heterocycles. The molecule has 2 aromatic heterocycles. The van der Waals surface area contributed by atoms with Crippen molar-refractivity contribution in [2.24, 2.45) is 5.92 Å². The molecule has 142 valence electrons. The second-order valence-corrected chi connectivity index (χ2v) is 7.29. The van der Waals surface area contributed by atoms with Gasteiger partial charge in [-0.1, -0.05) is 6.07 Å². The van der Waals surface area contributed by atoms with Crippen LogP contribution in [0.5, 0.6) is 5.75 Å². The molecule has 0 atom stereocenters. The summed E-state index contributed by atoms with van der Waals surface area (Å²) in [5.74, 6) is 3.04. The molecule has 0 bridgehead atoms. The highest BCUT2D eigenvalue weighted by atomic mass is 16.5. The Labute approximate surface area is 158 Å². The average Bonchev–Trinajstić information content (AvgIpc) is 3.09. The molecular weight excluding hydrogens is 342 g/mol. The predicted molar refractivity (Wildman–Crippen MR) is 104 cm³/mol. The Balaban J connectivity index is 1.43. The molecule has 1 fully saturated rings. The zero-order valence-corrected chi connectivity index (χ0v) is 15.9. The van der Waals surface area contributed by atoms with Gasteiger partial charge in [-0.3, -0.25) is 14.3 Å². The minimum absolute atomic E-state index is 0.0223. The molecule has 4 rings (SSSR count). The van der Waals surface area contributed by atoms with E-state index in [9.17, 15) is 4.79 Å². The molecule has 3 heterocycles. The van der Waals surface area contributed by atoms with Crippen LogP contribution in [0.2, 0.25) is 0 Å². The molecule has 6 nitrogen and oxygen atoms in total. The van der Waals surface area contributed by atoms with E-state index in [4.69, 9.17) is 9.15 Å². The number of furan rings is 1. The van der Waals surface area contributed by atoms with Crippen molar-refractivity contribution in [1.29, 1.82) is 0 Å². The van der Waals surface area contributed by atoms with Crippen molar-refractivity contribution >= 4 is 10.9 Å². The van der Waals surface area contributed by atoms with Crippen LogP contribution in [-0.2, 0) is 13.1 Å². The second-order valence-electron chi connectivity index (χ2n) is 7.29. The van der Waals surface area contributed by atoms with E-state index < -0.39 is 0 Å². The summed E-state index contributed by atoms with van der Waals surface area (Å²) in [6.07, 6.45) is 3.80. The first-order valence-corrected chi connectivity index (χ1v) is 9.44. The van der Waals surface area contributed by atoms with Crippen molar-refractivity contribution in [1.82, 2.24) is 14.5 Å². The Morgan fingerprint density at radius 3 is 2.74 bits per heavy atom. The number of nitrogens with zero attached hydrogens (tertiary/aromatic N) is 3. The van der Waals surface area contributed by atoms with Crippen LogP contribution in [0.1, 0.15) is 24.4 Å². The molecule has 0 radical (unpaired) electrons. The molecule has 3 aromatic rings. The zero-order chi connectivity index (χ0) is 18.8. The summed E-state index contributed by atoms with van der Waals surface area (Å²) in [6, 6.07) is 9.57. The molecule has 0 aliphatic carbocycles. The maximum Gasteiger partial charge on any atom is 0.264 e. The summed E-state index contributed by atoms with van der Waals surface area (Å²) in [7, 11) is 1.59. The molecule has 1 aliphatic rings. The van der Waals surface area contributed by atoms with E-state index in [1.165, 1.54) is 0 Å². The Morgan fingerprint density at radius 2 is 2.04 bits per heavy atom. The Bertz CT molecular complexity index is 984. The first kappa shape index (κ1) is 17.8. The fourth-order valence-electron chi connectivity index (χ4n) is 3.87. The monoisotopic (exact) mass is 367 g/mol. The van der Waals surface area contributed by atoms with Crippen LogP contribution in [0, 0.1) is 12.8 Å². The molecule has 0 amide bonds. The number of rotatable bonds is 5. The lowest BCUT2D eigenvalue weighted by molar-refractivity contribution is 0.156. The normalized spacial score (nSPS) is 16.1. The van der Waals surface area contributed by atoms with Crippen LogP contribution in [0.3, 0.4) is 0 Å². The van der Waals surface area contributed by atoms with Crippen LogP contribution in [-0.4, -0.2) is 34.7 Å². The second kappa shape index (κ2) is 7.56. The number of fused-ring (bicyclic) bond motifs is 1. The van der Waals surface area contributed by atoms with Crippen molar-refractivity contribution in [3.05, 3.63) is 58.5 Å². The smallest absolute Gasteiger partial charge is 0.264 e. The lowest BCUT2D eigenvalue weighted by Crippen LogP contribution is -2.36. The highest BCUT2D eigenvalue weighted by Crippen LogP contribution is 2.23. The summed E-state index contributed by atoms with van der Waals surface area (Å²) in [6.45, 7) is 5.57. The highest BCUT2D eigenvalue weighted by Gasteiger charge is 2.21. The van der Waals surface area contributed by atoms with Gasteiger partial charge in [0.15, 0.2) is 0 Å². The minimum atomic E-state index is -0.0223. The third kappa shape index (κ3) is 3.76. The standard InChI is InChI=1S/C21H25N3O3/c1-15-6-7-17(27-15)13-23-10-8-16(9-11-23)12-24-14-22-18-4-3-5-19(26-2)20(18)21(24)25/h3-7,14,16H,8-13H2,1-2H3.